The number of hydrogen-bond donors (Lipinski definition) is 2. The number of hydrogen-bond acceptors (Lipinski definition) is 3. The van der Waals surface area contributed by atoms with Crippen molar-refractivity contribution < 1.29 is 18.4 Å². The molecule has 0 aliphatic carbocycles. The van der Waals surface area contributed by atoms with E-state index in [2.05, 4.69) is 15.6 Å². The molecule has 0 fully saturated rings. The second kappa shape index (κ2) is 7.52. The maximum atomic E-state index is 13.6. The van der Waals surface area contributed by atoms with Crippen molar-refractivity contribution in [2.24, 2.45) is 0 Å². The quantitative estimate of drug-likeness (QED) is 0.748. The van der Waals surface area contributed by atoms with Crippen molar-refractivity contribution in [3.8, 4) is 0 Å². The molecule has 1 aromatic heterocycles. The molecular weight excluding hydrogens is 340 g/mol. The summed E-state index contributed by atoms with van der Waals surface area (Å²) in [6.45, 7) is 0. The number of halogens is 2. The molecule has 0 aliphatic rings. The predicted octanol–water partition coefficient (Wildman–Crippen LogP) is 3.86. The van der Waals surface area contributed by atoms with Gasteiger partial charge in [0.1, 0.15) is 11.6 Å². The van der Waals surface area contributed by atoms with Crippen molar-refractivity contribution in [2.75, 3.05) is 10.6 Å². The minimum Gasteiger partial charge on any atom is -0.322 e. The number of carbonyl (C=O) groups is 2. The lowest BCUT2D eigenvalue weighted by Crippen LogP contribution is -2.16. The minimum absolute atomic E-state index is 0.0205. The van der Waals surface area contributed by atoms with E-state index in [9.17, 15) is 18.4 Å². The van der Waals surface area contributed by atoms with Crippen LogP contribution in [0.2, 0.25) is 0 Å². The highest BCUT2D eigenvalue weighted by Gasteiger charge is 2.13. The Balaban J connectivity index is 1.76. The average molecular weight is 353 g/mol. The molecule has 2 amide bonds. The molecule has 1 heterocycles. The van der Waals surface area contributed by atoms with Gasteiger partial charge in [-0.2, -0.15) is 0 Å². The first-order valence-electron chi connectivity index (χ1n) is 7.61. The zero-order valence-electron chi connectivity index (χ0n) is 13.4. The average Bonchev–Trinajstić information content (AvgIpc) is 2.63. The highest BCUT2D eigenvalue weighted by atomic mass is 19.1. The Morgan fingerprint density at radius 1 is 0.808 bits per heavy atom. The number of para-hydroxylation sites is 1. The molecule has 0 atom stereocenters. The van der Waals surface area contributed by atoms with Gasteiger partial charge in [0.2, 0.25) is 0 Å². The van der Waals surface area contributed by atoms with Gasteiger partial charge in [-0.05, 0) is 36.4 Å². The molecule has 0 aliphatic heterocycles. The van der Waals surface area contributed by atoms with Crippen molar-refractivity contribution in [2.45, 2.75) is 0 Å². The fraction of sp³-hybridized carbons (Fsp3) is 0. The van der Waals surface area contributed by atoms with Gasteiger partial charge in [0, 0.05) is 18.1 Å². The summed E-state index contributed by atoms with van der Waals surface area (Å²) in [5.41, 5.74) is 0.485. The summed E-state index contributed by atoms with van der Waals surface area (Å²) in [4.78, 5) is 28.4. The number of nitrogens with one attached hydrogen (secondary N) is 2. The molecule has 0 spiro atoms. The van der Waals surface area contributed by atoms with Crippen LogP contribution in [-0.4, -0.2) is 16.8 Å². The molecule has 130 valence electrons. The van der Waals surface area contributed by atoms with Crippen LogP contribution in [0.15, 0.2) is 67.0 Å². The molecule has 0 saturated carbocycles. The largest absolute Gasteiger partial charge is 0.322 e. The van der Waals surface area contributed by atoms with Crippen LogP contribution in [0.3, 0.4) is 0 Å². The first-order valence-corrected chi connectivity index (χ1v) is 7.61. The topological polar surface area (TPSA) is 71.1 Å². The molecule has 5 nitrogen and oxygen atoms in total. The molecule has 0 unspecified atom stereocenters. The van der Waals surface area contributed by atoms with Crippen LogP contribution >= 0.6 is 0 Å². The minimum atomic E-state index is -0.608. The third-order valence-electron chi connectivity index (χ3n) is 3.47. The van der Waals surface area contributed by atoms with Gasteiger partial charge in [-0.25, -0.2) is 8.78 Å². The van der Waals surface area contributed by atoms with E-state index in [1.165, 1.54) is 60.9 Å². The van der Waals surface area contributed by atoms with Crippen LogP contribution in [0.4, 0.5) is 20.2 Å². The Morgan fingerprint density at radius 3 is 2.19 bits per heavy atom. The van der Waals surface area contributed by atoms with Crippen molar-refractivity contribution in [1.29, 1.82) is 0 Å². The van der Waals surface area contributed by atoms with Crippen LogP contribution in [-0.2, 0) is 0 Å². The normalized spacial score (nSPS) is 10.2. The number of benzene rings is 2. The smallest absolute Gasteiger partial charge is 0.257 e. The third kappa shape index (κ3) is 4.07. The number of nitrogens with zero attached hydrogens (tertiary/aromatic N) is 1. The Hall–Kier alpha value is -3.61. The second-order valence-corrected chi connectivity index (χ2v) is 5.36. The fourth-order valence-electron chi connectivity index (χ4n) is 2.21. The molecule has 2 N–H and O–H groups in total. The molecule has 7 heteroatoms. The summed E-state index contributed by atoms with van der Waals surface area (Å²) in [5.74, 6) is -2.22. The van der Waals surface area contributed by atoms with Gasteiger partial charge in [0.05, 0.1) is 16.8 Å². The fourth-order valence-corrected chi connectivity index (χ4v) is 2.21. The van der Waals surface area contributed by atoms with Crippen LogP contribution in [0, 0.1) is 11.6 Å². The van der Waals surface area contributed by atoms with Crippen LogP contribution in [0.25, 0.3) is 0 Å². The van der Waals surface area contributed by atoms with Gasteiger partial charge >= 0.3 is 0 Å². The zero-order valence-corrected chi connectivity index (χ0v) is 13.4. The molecule has 26 heavy (non-hydrogen) atoms. The van der Waals surface area contributed by atoms with Gasteiger partial charge in [-0.15, -0.1) is 0 Å². The lowest BCUT2D eigenvalue weighted by molar-refractivity contribution is 0.102. The SMILES string of the molecule is O=C(Nc1cccc(F)c1)c1cncc(C(=O)Nc2ccccc2F)c1. The Morgan fingerprint density at radius 2 is 1.50 bits per heavy atom. The number of aromatic nitrogens is 1. The van der Waals surface area contributed by atoms with Crippen LogP contribution in [0.1, 0.15) is 20.7 Å². The molecular formula is C19H13F2N3O2. The summed E-state index contributed by atoms with van der Waals surface area (Å²) in [6, 6.07) is 12.5. The van der Waals surface area contributed by atoms with E-state index in [0.717, 1.165) is 0 Å². The van der Waals surface area contributed by atoms with E-state index in [1.807, 2.05) is 0 Å². The number of amides is 2. The molecule has 0 radical (unpaired) electrons. The van der Waals surface area contributed by atoms with E-state index in [0.29, 0.717) is 0 Å². The van der Waals surface area contributed by atoms with E-state index in [1.54, 1.807) is 6.07 Å². The van der Waals surface area contributed by atoms with Gasteiger partial charge in [0.15, 0.2) is 0 Å². The first kappa shape index (κ1) is 17.2. The van der Waals surface area contributed by atoms with Crippen molar-refractivity contribution in [3.63, 3.8) is 0 Å². The van der Waals surface area contributed by atoms with E-state index >= 15 is 0 Å². The number of pyridine rings is 1. The highest BCUT2D eigenvalue weighted by Crippen LogP contribution is 2.15. The van der Waals surface area contributed by atoms with Crippen LogP contribution in [0.5, 0.6) is 0 Å². The van der Waals surface area contributed by atoms with Gasteiger partial charge in [0.25, 0.3) is 11.8 Å². The first-order chi connectivity index (χ1) is 12.5. The standard InChI is InChI=1S/C19H13F2N3O2/c20-14-4-3-5-15(9-14)23-18(25)12-8-13(11-22-10-12)19(26)24-17-7-2-1-6-16(17)21/h1-11H,(H,23,25)(H,24,26). The molecule has 2 aromatic carbocycles. The van der Waals surface area contributed by atoms with E-state index in [-0.39, 0.29) is 22.5 Å². The maximum Gasteiger partial charge on any atom is 0.257 e. The molecule has 0 saturated heterocycles. The van der Waals surface area contributed by atoms with Gasteiger partial charge in [-0.3, -0.25) is 14.6 Å². The number of anilines is 2. The number of carbonyl (C=O) groups excluding carboxylic acids is 2. The predicted molar refractivity (Wildman–Crippen MR) is 92.9 cm³/mol. The maximum absolute atomic E-state index is 13.6. The Bertz CT molecular complexity index is 976. The zero-order chi connectivity index (χ0) is 18.5. The van der Waals surface area contributed by atoms with Crippen LogP contribution < -0.4 is 10.6 Å². The van der Waals surface area contributed by atoms with Gasteiger partial charge < -0.3 is 10.6 Å². The summed E-state index contributed by atoms with van der Waals surface area (Å²) >= 11 is 0. The summed E-state index contributed by atoms with van der Waals surface area (Å²) in [5, 5.41) is 4.93. The second-order valence-electron chi connectivity index (χ2n) is 5.36. The summed E-state index contributed by atoms with van der Waals surface area (Å²) < 4.78 is 26.8. The Labute approximate surface area is 147 Å². The van der Waals surface area contributed by atoms with Crippen molar-refractivity contribution >= 4 is 23.2 Å². The number of rotatable bonds is 4. The molecule has 3 rings (SSSR count). The van der Waals surface area contributed by atoms with Crippen molar-refractivity contribution in [3.05, 3.63) is 89.8 Å². The third-order valence-corrected chi connectivity index (χ3v) is 3.47. The van der Waals surface area contributed by atoms with Crippen molar-refractivity contribution in [1.82, 2.24) is 4.98 Å². The lowest BCUT2D eigenvalue weighted by atomic mass is 10.1. The highest BCUT2D eigenvalue weighted by molar-refractivity contribution is 6.08. The van der Waals surface area contributed by atoms with E-state index in [4.69, 9.17) is 0 Å². The van der Waals surface area contributed by atoms with Gasteiger partial charge in [-0.1, -0.05) is 18.2 Å². The lowest BCUT2D eigenvalue weighted by Gasteiger charge is -2.08. The summed E-state index contributed by atoms with van der Waals surface area (Å²) in [6.07, 6.45) is 2.53. The molecule has 3 aromatic rings. The monoisotopic (exact) mass is 353 g/mol. The summed E-state index contributed by atoms with van der Waals surface area (Å²) in [7, 11) is 0. The Kier molecular flexibility index (Phi) is 4.98. The molecule has 0 bridgehead atoms. The van der Waals surface area contributed by atoms with E-state index < -0.39 is 23.4 Å².